The van der Waals surface area contributed by atoms with Gasteiger partial charge in [0.15, 0.2) is 5.54 Å². The minimum absolute atomic E-state index is 0.178. The van der Waals surface area contributed by atoms with Gasteiger partial charge in [-0.3, -0.25) is 4.79 Å². The molecule has 0 aliphatic heterocycles. The molecule has 182 valence electrons. The molecule has 0 radical (unpaired) electrons. The first-order chi connectivity index (χ1) is 16.5. The third-order valence-corrected chi connectivity index (χ3v) is 5.36. The average molecular weight is 475 g/mol. The molecule has 1 N–H and O–H groups in total. The molecule has 2 amide bonds. The predicted octanol–water partition coefficient (Wildman–Crippen LogP) is 5.75. The summed E-state index contributed by atoms with van der Waals surface area (Å²) in [6, 6.07) is 26.5. The van der Waals surface area contributed by atoms with Gasteiger partial charge in [-0.15, -0.1) is 0 Å². The Balaban J connectivity index is 2.15. The van der Waals surface area contributed by atoms with Gasteiger partial charge in [-0.25, -0.2) is 14.5 Å². The first-order valence-corrected chi connectivity index (χ1v) is 11.3. The van der Waals surface area contributed by atoms with Crippen molar-refractivity contribution in [1.29, 1.82) is 0 Å². The molecule has 0 saturated carbocycles. The number of carbonyl (C=O) groups excluding carboxylic acids is 2. The van der Waals surface area contributed by atoms with Gasteiger partial charge in [0.1, 0.15) is 5.60 Å². The van der Waals surface area contributed by atoms with Crippen LogP contribution in [0.4, 0.5) is 16.2 Å². The van der Waals surface area contributed by atoms with Gasteiger partial charge >= 0.3 is 12.1 Å². The summed E-state index contributed by atoms with van der Waals surface area (Å²) in [4.78, 5) is 42.3. The molecule has 0 bridgehead atoms. The number of hydrogen-bond donors (Lipinski definition) is 1. The van der Waals surface area contributed by atoms with Gasteiger partial charge in [-0.1, -0.05) is 54.6 Å². The lowest BCUT2D eigenvalue weighted by Gasteiger charge is -2.40. The minimum atomic E-state index is -1.99. The minimum Gasteiger partial charge on any atom is -0.479 e. The molecule has 7 nitrogen and oxygen atoms in total. The third-order valence-electron chi connectivity index (χ3n) is 5.36. The number of amides is 2. The Morgan fingerprint density at radius 3 is 1.57 bits per heavy atom. The van der Waals surface area contributed by atoms with Gasteiger partial charge in [-0.05, 0) is 64.1 Å². The van der Waals surface area contributed by atoms with E-state index in [-0.39, 0.29) is 12.1 Å². The number of benzene rings is 3. The number of anilines is 2. The van der Waals surface area contributed by atoms with Crippen LogP contribution in [0.1, 0.15) is 38.1 Å². The fourth-order valence-corrected chi connectivity index (χ4v) is 3.62. The van der Waals surface area contributed by atoms with Gasteiger partial charge in [0.05, 0.1) is 6.54 Å². The number of carboxylic acid groups (broad SMARTS) is 1. The van der Waals surface area contributed by atoms with Crippen molar-refractivity contribution in [3.63, 3.8) is 0 Å². The number of hydrogen-bond acceptors (Lipinski definition) is 5. The summed E-state index contributed by atoms with van der Waals surface area (Å²) in [6.45, 7) is 6.13. The van der Waals surface area contributed by atoms with Gasteiger partial charge in [0, 0.05) is 16.9 Å². The average Bonchev–Trinajstić information content (AvgIpc) is 2.83. The first-order valence-electron chi connectivity index (χ1n) is 11.3. The van der Waals surface area contributed by atoms with Crippen LogP contribution in [-0.4, -0.2) is 45.7 Å². The van der Waals surface area contributed by atoms with E-state index in [1.54, 1.807) is 43.9 Å². The van der Waals surface area contributed by atoms with Crippen LogP contribution in [0.3, 0.4) is 0 Å². The fourth-order valence-electron chi connectivity index (χ4n) is 3.62. The maximum absolute atomic E-state index is 13.6. The van der Waals surface area contributed by atoms with Crippen LogP contribution in [0.15, 0.2) is 91.0 Å². The van der Waals surface area contributed by atoms with Crippen molar-refractivity contribution in [2.75, 3.05) is 11.4 Å². The maximum atomic E-state index is 13.6. The van der Waals surface area contributed by atoms with Gasteiger partial charge in [0.2, 0.25) is 0 Å². The molecule has 0 aliphatic rings. The molecule has 0 aromatic heterocycles. The number of para-hydroxylation sites is 2. The molecular weight excluding hydrogens is 444 g/mol. The Bertz CT molecular complexity index is 1120. The number of carboxylic acids is 1. The molecule has 0 aliphatic carbocycles. The Labute approximate surface area is 205 Å². The highest BCUT2D eigenvalue weighted by Gasteiger charge is 2.49. The van der Waals surface area contributed by atoms with E-state index >= 15 is 0 Å². The van der Waals surface area contributed by atoms with Crippen LogP contribution >= 0.6 is 0 Å². The zero-order valence-electron chi connectivity index (χ0n) is 20.3. The van der Waals surface area contributed by atoms with Gasteiger partial charge in [-0.2, -0.15) is 0 Å². The Hall–Kier alpha value is -4.13. The van der Waals surface area contributed by atoms with E-state index in [4.69, 9.17) is 4.74 Å². The molecule has 35 heavy (non-hydrogen) atoms. The highest BCUT2D eigenvalue weighted by Crippen LogP contribution is 2.31. The van der Waals surface area contributed by atoms with E-state index in [1.165, 1.54) is 19.1 Å². The van der Waals surface area contributed by atoms with Crippen molar-refractivity contribution in [2.45, 2.75) is 38.8 Å². The van der Waals surface area contributed by atoms with Crippen molar-refractivity contribution in [2.24, 2.45) is 0 Å². The summed E-state index contributed by atoms with van der Waals surface area (Å²) >= 11 is 0. The normalized spacial score (nSPS) is 12.8. The topological polar surface area (TPSA) is 87.2 Å². The molecular formula is C28H30N2O5. The summed E-state index contributed by atoms with van der Waals surface area (Å²) in [5, 5.41) is 10.5. The highest BCUT2D eigenvalue weighted by molar-refractivity contribution is 6.07. The van der Waals surface area contributed by atoms with Crippen LogP contribution in [0.25, 0.3) is 0 Å². The van der Waals surface area contributed by atoms with Crippen molar-refractivity contribution in [3.05, 3.63) is 96.6 Å². The van der Waals surface area contributed by atoms with Crippen molar-refractivity contribution >= 4 is 29.3 Å². The molecule has 7 heteroatoms. The number of imide groups is 1. The summed E-state index contributed by atoms with van der Waals surface area (Å²) in [7, 11) is 0. The standard InChI is InChI=1S/C28H30N2O5/c1-27(2,3)35-26(34)30(24(31)21-14-8-5-9-15-21)28(4,25(32)33)20-29(22-16-10-6-11-17-22)23-18-12-7-13-19-23/h5-19H,20H2,1-4H3,(H,32,33). The second kappa shape index (κ2) is 10.4. The largest absolute Gasteiger partial charge is 0.479 e. The zero-order valence-corrected chi connectivity index (χ0v) is 20.3. The maximum Gasteiger partial charge on any atom is 0.418 e. The van der Waals surface area contributed by atoms with Crippen LogP contribution in [-0.2, 0) is 9.53 Å². The van der Waals surface area contributed by atoms with E-state index in [2.05, 4.69) is 0 Å². The van der Waals surface area contributed by atoms with E-state index < -0.39 is 29.1 Å². The summed E-state index contributed by atoms with van der Waals surface area (Å²) in [6.07, 6.45) is -1.03. The van der Waals surface area contributed by atoms with E-state index in [0.717, 1.165) is 4.90 Å². The molecule has 0 heterocycles. The number of ether oxygens (including phenoxy) is 1. The lowest BCUT2D eigenvalue weighted by molar-refractivity contribution is -0.148. The SMILES string of the molecule is CC(C)(C)OC(=O)N(C(=O)c1ccccc1)C(C)(CN(c1ccccc1)c1ccccc1)C(=O)O. The second-order valence-electron chi connectivity index (χ2n) is 9.32. The monoisotopic (exact) mass is 474 g/mol. The molecule has 0 fully saturated rings. The second-order valence-corrected chi connectivity index (χ2v) is 9.32. The first kappa shape index (κ1) is 25.5. The molecule has 1 atom stereocenters. The molecule has 3 aromatic rings. The van der Waals surface area contributed by atoms with Crippen LogP contribution in [0.2, 0.25) is 0 Å². The summed E-state index contributed by atoms with van der Waals surface area (Å²) < 4.78 is 5.52. The van der Waals surface area contributed by atoms with Crippen molar-refractivity contribution < 1.29 is 24.2 Å². The van der Waals surface area contributed by atoms with Crippen LogP contribution in [0.5, 0.6) is 0 Å². The number of carbonyl (C=O) groups is 3. The molecule has 3 rings (SSSR count). The zero-order chi connectivity index (χ0) is 25.6. The molecule has 0 saturated heterocycles. The molecule has 0 spiro atoms. The lowest BCUT2D eigenvalue weighted by Crippen LogP contribution is -2.63. The fraction of sp³-hybridized carbons (Fsp3) is 0.250. The summed E-state index contributed by atoms with van der Waals surface area (Å²) in [5.74, 6) is -2.10. The number of rotatable bonds is 7. The van der Waals surface area contributed by atoms with E-state index in [0.29, 0.717) is 11.4 Å². The Morgan fingerprint density at radius 1 is 0.743 bits per heavy atom. The van der Waals surface area contributed by atoms with Gasteiger partial charge in [0.25, 0.3) is 5.91 Å². The number of aliphatic carboxylic acids is 1. The Kier molecular flexibility index (Phi) is 7.59. The van der Waals surface area contributed by atoms with Crippen LogP contribution < -0.4 is 4.90 Å². The Morgan fingerprint density at radius 2 is 1.17 bits per heavy atom. The number of nitrogens with zero attached hydrogens (tertiary/aromatic N) is 2. The van der Waals surface area contributed by atoms with E-state index in [1.807, 2.05) is 60.7 Å². The smallest absolute Gasteiger partial charge is 0.418 e. The van der Waals surface area contributed by atoms with Crippen molar-refractivity contribution in [3.8, 4) is 0 Å². The summed E-state index contributed by atoms with van der Waals surface area (Å²) in [5.41, 5.74) is -1.33. The predicted molar refractivity (Wildman–Crippen MR) is 135 cm³/mol. The third kappa shape index (κ3) is 6.06. The van der Waals surface area contributed by atoms with Crippen LogP contribution in [0, 0.1) is 0 Å². The van der Waals surface area contributed by atoms with Crippen molar-refractivity contribution in [1.82, 2.24) is 4.90 Å². The van der Waals surface area contributed by atoms with E-state index in [9.17, 15) is 19.5 Å². The molecule has 1 unspecified atom stereocenters. The molecule has 3 aromatic carbocycles. The van der Waals surface area contributed by atoms with Gasteiger partial charge < -0.3 is 14.7 Å². The quantitative estimate of drug-likeness (QED) is 0.469. The highest BCUT2D eigenvalue weighted by atomic mass is 16.6. The lowest BCUT2D eigenvalue weighted by atomic mass is 9.97.